The second-order valence-corrected chi connectivity index (χ2v) is 9.34. The number of likely N-dealkylation sites (tertiary alicyclic amines) is 1. The third-order valence-electron chi connectivity index (χ3n) is 6.61. The molecule has 0 spiro atoms. The average molecular weight is 460 g/mol. The fourth-order valence-corrected chi connectivity index (χ4v) is 4.78. The van der Waals surface area contributed by atoms with Crippen molar-refractivity contribution in [2.24, 2.45) is 5.92 Å². The highest BCUT2D eigenvalue weighted by atomic mass is 16.6. The molecule has 0 aromatic heterocycles. The van der Waals surface area contributed by atoms with Crippen LogP contribution in [0, 0.1) is 5.92 Å². The van der Waals surface area contributed by atoms with Crippen LogP contribution in [0.25, 0.3) is 0 Å². The first kappa shape index (κ1) is 25.5. The number of benzene rings is 1. The van der Waals surface area contributed by atoms with E-state index in [9.17, 15) is 9.59 Å². The summed E-state index contributed by atoms with van der Waals surface area (Å²) in [5.41, 5.74) is 0.876. The van der Waals surface area contributed by atoms with E-state index in [0.717, 1.165) is 38.0 Å². The molecule has 0 amide bonds. The van der Waals surface area contributed by atoms with E-state index in [-0.39, 0.29) is 17.7 Å². The lowest BCUT2D eigenvalue weighted by Crippen LogP contribution is -2.33. The number of esters is 1. The van der Waals surface area contributed by atoms with E-state index in [4.69, 9.17) is 14.2 Å². The van der Waals surface area contributed by atoms with Crippen molar-refractivity contribution in [3.8, 4) is 11.5 Å². The molecular weight excluding hydrogens is 418 g/mol. The van der Waals surface area contributed by atoms with Crippen molar-refractivity contribution in [2.45, 2.75) is 84.2 Å². The number of rotatable bonds is 14. The largest absolute Gasteiger partial charge is 0.486 e. The molecule has 0 N–H and O–H groups in total. The summed E-state index contributed by atoms with van der Waals surface area (Å²) in [4.78, 5) is 27.8. The van der Waals surface area contributed by atoms with Crippen molar-refractivity contribution >= 4 is 11.8 Å². The minimum atomic E-state index is -0.474. The molecule has 1 saturated heterocycles. The maximum Gasteiger partial charge on any atom is 0.306 e. The lowest BCUT2D eigenvalue weighted by Gasteiger charge is -2.31. The zero-order valence-electron chi connectivity index (χ0n) is 20.5. The van der Waals surface area contributed by atoms with E-state index in [1.54, 1.807) is 6.92 Å². The fraction of sp³-hybridized carbons (Fsp3) is 0.704. The molecule has 6 heteroatoms. The molecule has 0 radical (unpaired) electrons. The van der Waals surface area contributed by atoms with Gasteiger partial charge < -0.3 is 19.1 Å². The highest BCUT2D eigenvalue weighted by molar-refractivity contribution is 5.78. The Morgan fingerprint density at radius 2 is 1.73 bits per heavy atom. The zero-order chi connectivity index (χ0) is 23.5. The molecule has 6 nitrogen and oxygen atoms in total. The van der Waals surface area contributed by atoms with Crippen LogP contribution in [0.15, 0.2) is 18.2 Å². The highest BCUT2D eigenvalue weighted by Crippen LogP contribution is 2.38. The van der Waals surface area contributed by atoms with E-state index in [1.165, 1.54) is 32.1 Å². The molecule has 2 atom stereocenters. The molecule has 33 heavy (non-hydrogen) atoms. The molecule has 0 bridgehead atoms. The minimum Gasteiger partial charge on any atom is -0.486 e. The summed E-state index contributed by atoms with van der Waals surface area (Å²) in [5, 5.41) is 0. The van der Waals surface area contributed by atoms with Gasteiger partial charge in [0.15, 0.2) is 11.5 Å². The van der Waals surface area contributed by atoms with E-state index >= 15 is 0 Å². The number of hydrogen-bond acceptors (Lipinski definition) is 6. The third kappa shape index (κ3) is 8.02. The zero-order valence-corrected chi connectivity index (χ0v) is 20.5. The number of hydrogen-bond donors (Lipinski definition) is 0. The van der Waals surface area contributed by atoms with Crippen LogP contribution in [-0.4, -0.2) is 49.5 Å². The van der Waals surface area contributed by atoms with Crippen molar-refractivity contribution in [1.82, 2.24) is 4.90 Å². The SMILES string of the molecule is CCCCCCCC(=O)C[C@H](CN1CCCC1)[C@H](OC(=O)CC)c1ccc2c(c1)OCCO2. The van der Waals surface area contributed by atoms with E-state index in [0.29, 0.717) is 44.0 Å². The van der Waals surface area contributed by atoms with Crippen LogP contribution in [-0.2, 0) is 14.3 Å². The molecule has 3 rings (SSSR count). The second kappa shape index (κ2) is 13.6. The number of nitrogens with zero attached hydrogens (tertiary/aromatic N) is 1. The van der Waals surface area contributed by atoms with Crippen LogP contribution < -0.4 is 9.47 Å². The van der Waals surface area contributed by atoms with Gasteiger partial charge in [-0.1, -0.05) is 45.6 Å². The first-order chi connectivity index (χ1) is 16.1. The Morgan fingerprint density at radius 1 is 1.00 bits per heavy atom. The summed E-state index contributed by atoms with van der Waals surface area (Å²) >= 11 is 0. The summed E-state index contributed by atoms with van der Waals surface area (Å²) in [6.45, 7) is 7.88. The topological polar surface area (TPSA) is 65.1 Å². The molecule has 2 heterocycles. The normalized spacial score (nSPS) is 17.5. The van der Waals surface area contributed by atoms with Crippen LogP contribution in [0.4, 0.5) is 0 Å². The van der Waals surface area contributed by atoms with Gasteiger partial charge in [0.2, 0.25) is 0 Å². The third-order valence-corrected chi connectivity index (χ3v) is 6.61. The molecule has 0 aliphatic carbocycles. The Kier molecular flexibility index (Phi) is 10.5. The minimum absolute atomic E-state index is 0.0794. The maximum absolute atomic E-state index is 13.0. The Bertz CT molecular complexity index is 759. The van der Waals surface area contributed by atoms with Crippen LogP contribution in [0.2, 0.25) is 0 Å². The van der Waals surface area contributed by atoms with Gasteiger partial charge in [0, 0.05) is 31.7 Å². The summed E-state index contributed by atoms with van der Waals surface area (Å²) in [6.07, 6.45) is 8.90. The predicted molar refractivity (Wildman–Crippen MR) is 129 cm³/mol. The van der Waals surface area contributed by atoms with Crippen LogP contribution in [0.3, 0.4) is 0 Å². The van der Waals surface area contributed by atoms with Crippen LogP contribution in [0.1, 0.15) is 89.7 Å². The molecule has 1 aromatic carbocycles. The molecule has 2 aliphatic rings. The first-order valence-electron chi connectivity index (χ1n) is 12.9. The lowest BCUT2D eigenvalue weighted by atomic mass is 9.89. The van der Waals surface area contributed by atoms with Crippen molar-refractivity contribution in [3.63, 3.8) is 0 Å². The molecule has 0 unspecified atom stereocenters. The maximum atomic E-state index is 13.0. The number of unbranched alkanes of at least 4 members (excludes halogenated alkanes) is 4. The monoisotopic (exact) mass is 459 g/mol. The summed E-state index contributed by atoms with van der Waals surface area (Å²) < 4.78 is 17.4. The first-order valence-corrected chi connectivity index (χ1v) is 12.9. The van der Waals surface area contributed by atoms with Gasteiger partial charge in [0.25, 0.3) is 0 Å². The van der Waals surface area contributed by atoms with Gasteiger partial charge in [-0.15, -0.1) is 0 Å². The van der Waals surface area contributed by atoms with Crippen molar-refractivity contribution < 1.29 is 23.8 Å². The van der Waals surface area contributed by atoms with Gasteiger partial charge in [0.05, 0.1) is 0 Å². The summed E-state index contributed by atoms with van der Waals surface area (Å²) in [6, 6.07) is 5.76. The molecule has 2 aliphatic heterocycles. The van der Waals surface area contributed by atoms with Gasteiger partial charge in [-0.05, 0) is 50.0 Å². The Morgan fingerprint density at radius 3 is 2.45 bits per heavy atom. The fourth-order valence-electron chi connectivity index (χ4n) is 4.78. The lowest BCUT2D eigenvalue weighted by molar-refractivity contribution is -0.153. The smallest absolute Gasteiger partial charge is 0.306 e. The molecule has 1 fully saturated rings. The van der Waals surface area contributed by atoms with Gasteiger partial charge >= 0.3 is 5.97 Å². The van der Waals surface area contributed by atoms with E-state index in [1.807, 2.05) is 18.2 Å². The number of ether oxygens (including phenoxy) is 3. The van der Waals surface area contributed by atoms with Gasteiger partial charge in [0.1, 0.15) is 25.1 Å². The Labute approximate surface area is 199 Å². The summed E-state index contributed by atoms with van der Waals surface area (Å²) in [5.74, 6) is 1.34. The molecular formula is C27H41NO5. The van der Waals surface area contributed by atoms with Crippen molar-refractivity contribution in [3.05, 3.63) is 23.8 Å². The van der Waals surface area contributed by atoms with Gasteiger partial charge in [-0.2, -0.15) is 0 Å². The average Bonchev–Trinajstić information content (AvgIpc) is 3.34. The Balaban J connectivity index is 1.77. The van der Waals surface area contributed by atoms with E-state index < -0.39 is 6.10 Å². The highest BCUT2D eigenvalue weighted by Gasteiger charge is 2.32. The van der Waals surface area contributed by atoms with Crippen LogP contribution in [0.5, 0.6) is 11.5 Å². The van der Waals surface area contributed by atoms with Gasteiger partial charge in [-0.3, -0.25) is 9.59 Å². The molecule has 0 saturated carbocycles. The number of carbonyl (C=O) groups is 2. The second-order valence-electron chi connectivity index (χ2n) is 9.34. The van der Waals surface area contributed by atoms with E-state index in [2.05, 4.69) is 11.8 Å². The number of fused-ring (bicyclic) bond motifs is 1. The van der Waals surface area contributed by atoms with Gasteiger partial charge in [-0.25, -0.2) is 0 Å². The number of carbonyl (C=O) groups excluding carboxylic acids is 2. The predicted octanol–water partition coefficient (Wildman–Crippen LogP) is 5.48. The Hall–Kier alpha value is -2.08. The number of ketones is 1. The van der Waals surface area contributed by atoms with Crippen molar-refractivity contribution in [1.29, 1.82) is 0 Å². The quantitative estimate of drug-likeness (QED) is 0.271. The standard InChI is InChI=1S/C27H41NO5/c1-3-5-6-7-8-11-23(29)18-22(20-28-14-9-10-15-28)27(33-26(30)4-2)21-12-13-24-25(19-21)32-17-16-31-24/h12-13,19,22,27H,3-11,14-18,20H2,1-2H3/t22-,27-/m1/s1. The summed E-state index contributed by atoms with van der Waals surface area (Å²) in [7, 11) is 0. The molecule has 184 valence electrons. The van der Waals surface area contributed by atoms with Crippen LogP contribution >= 0.6 is 0 Å². The van der Waals surface area contributed by atoms with Crippen molar-refractivity contribution in [2.75, 3.05) is 32.8 Å². The number of Topliss-reactive ketones (excluding diaryl/α,β-unsaturated/α-hetero) is 1. The molecule has 1 aromatic rings.